The SMILES string of the molecule is CCn1cc(C(=O)c2cc(OC)cc(OC)c2)cn1. The standard InChI is InChI=1S/C14H16N2O3/c1-4-16-9-11(8-15-16)14(17)10-5-12(18-2)7-13(6-10)19-3/h5-9H,4H2,1-3H3. The van der Waals surface area contributed by atoms with Gasteiger partial charge in [-0.3, -0.25) is 9.48 Å². The van der Waals surface area contributed by atoms with E-state index >= 15 is 0 Å². The number of methoxy groups -OCH3 is 2. The summed E-state index contributed by atoms with van der Waals surface area (Å²) in [5.41, 5.74) is 1.07. The normalized spacial score (nSPS) is 10.3. The smallest absolute Gasteiger partial charge is 0.196 e. The van der Waals surface area contributed by atoms with Crippen molar-refractivity contribution in [3.63, 3.8) is 0 Å². The summed E-state index contributed by atoms with van der Waals surface area (Å²) in [4.78, 5) is 12.3. The van der Waals surface area contributed by atoms with Gasteiger partial charge in [0.05, 0.1) is 26.0 Å². The van der Waals surface area contributed by atoms with Crippen molar-refractivity contribution in [1.82, 2.24) is 9.78 Å². The zero-order valence-electron chi connectivity index (χ0n) is 11.2. The van der Waals surface area contributed by atoms with Gasteiger partial charge in [-0.25, -0.2) is 0 Å². The lowest BCUT2D eigenvalue weighted by Crippen LogP contribution is -2.01. The largest absolute Gasteiger partial charge is 0.497 e. The number of hydrogen-bond donors (Lipinski definition) is 0. The monoisotopic (exact) mass is 260 g/mol. The Morgan fingerprint density at radius 1 is 1.16 bits per heavy atom. The molecule has 0 aliphatic carbocycles. The molecule has 1 aromatic heterocycles. The zero-order valence-corrected chi connectivity index (χ0v) is 11.2. The number of ether oxygens (including phenoxy) is 2. The summed E-state index contributed by atoms with van der Waals surface area (Å²) in [5.74, 6) is 1.08. The molecular weight excluding hydrogens is 244 g/mol. The minimum atomic E-state index is -0.100. The highest BCUT2D eigenvalue weighted by Gasteiger charge is 2.14. The first-order valence-electron chi connectivity index (χ1n) is 5.98. The molecule has 0 N–H and O–H groups in total. The summed E-state index contributed by atoms with van der Waals surface area (Å²) in [6.45, 7) is 2.70. The van der Waals surface area contributed by atoms with E-state index in [-0.39, 0.29) is 5.78 Å². The van der Waals surface area contributed by atoms with E-state index in [0.717, 1.165) is 6.54 Å². The highest BCUT2D eigenvalue weighted by molar-refractivity contribution is 6.09. The number of hydrogen-bond acceptors (Lipinski definition) is 4. The number of aryl methyl sites for hydroxylation is 1. The third-order valence-electron chi connectivity index (χ3n) is 2.83. The summed E-state index contributed by atoms with van der Waals surface area (Å²) >= 11 is 0. The molecule has 0 fully saturated rings. The lowest BCUT2D eigenvalue weighted by Gasteiger charge is -2.07. The van der Waals surface area contributed by atoms with Crippen molar-refractivity contribution in [2.24, 2.45) is 0 Å². The number of carbonyl (C=O) groups excluding carboxylic acids is 1. The molecule has 0 radical (unpaired) electrons. The maximum Gasteiger partial charge on any atom is 0.196 e. The van der Waals surface area contributed by atoms with Crippen LogP contribution in [0.2, 0.25) is 0 Å². The van der Waals surface area contributed by atoms with Crippen molar-refractivity contribution in [2.45, 2.75) is 13.5 Å². The van der Waals surface area contributed by atoms with E-state index in [1.54, 1.807) is 49.5 Å². The first kappa shape index (κ1) is 13.1. The van der Waals surface area contributed by atoms with Crippen LogP contribution in [-0.2, 0) is 6.54 Å². The molecule has 1 aromatic carbocycles. The van der Waals surface area contributed by atoms with Crippen LogP contribution in [0.1, 0.15) is 22.8 Å². The molecule has 0 amide bonds. The Labute approximate surface area is 111 Å². The third-order valence-corrected chi connectivity index (χ3v) is 2.83. The first-order chi connectivity index (χ1) is 9.17. The molecule has 2 aromatic rings. The molecule has 0 atom stereocenters. The molecule has 5 heteroatoms. The maximum absolute atomic E-state index is 12.3. The van der Waals surface area contributed by atoms with E-state index in [4.69, 9.17) is 9.47 Å². The Balaban J connectivity index is 2.37. The predicted molar refractivity (Wildman–Crippen MR) is 70.9 cm³/mol. The van der Waals surface area contributed by atoms with Crippen LogP contribution in [0.4, 0.5) is 0 Å². The Morgan fingerprint density at radius 3 is 2.26 bits per heavy atom. The van der Waals surface area contributed by atoms with Gasteiger partial charge in [0.15, 0.2) is 5.78 Å². The number of carbonyl (C=O) groups is 1. The van der Waals surface area contributed by atoms with Gasteiger partial charge >= 0.3 is 0 Å². The molecule has 19 heavy (non-hydrogen) atoms. The maximum atomic E-state index is 12.3. The summed E-state index contributed by atoms with van der Waals surface area (Å²) in [7, 11) is 3.11. The van der Waals surface area contributed by atoms with Crippen molar-refractivity contribution < 1.29 is 14.3 Å². The van der Waals surface area contributed by atoms with Crippen LogP contribution >= 0.6 is 0 Å². The molecule has 0 unspecified atom stereocenters. The van der Waals surface area contributed by atoms with Gasteiger partial charge in [0.1, 0.15) is 11.5 Å². The van der Waals surface area contributed by atoms with Gasteiger partial charge in [-0.15, -0.1) is 0 Å². The minimum absolute atomic E-state index is 0.100. The van der Waals surface area contributed by atoms with Crippen LogP contribution in [0.5, 0.6) is 11.5 Å². The fraction of sp³-hybridized carbons (Fsp3) is 0.286. The van der Waals surface area contributed by atoms with E-state index in [0.29, 0.717) is 22.6 Å². The van der Waals surface area contributed by atoms with Gasteiger partial charge in [-0.1, -0.05) is 0 Å². The molecule has 0 spiro atoms. The number of nitrogens with zero attached hydrogens (tertiary/aromatic N) is 2. The highest BCUT2D eigenvalue weighted by atomic mass is 16.5. The lowest BCUT2D eigenvalue weighted by atomic mass is 10.1. The fourth-order valence-electron chi connectivity index (χ4n) is 1.76. The van der Waals surface area contributed by atoms with Crippen LogP contribution in [0.15, 0.2) is 30.6 Å². The average Bonchev–Trinajstić information content (AvgIpc) is 2.94. The Bertz CT molecular complexity index is 568. The van der Waals surface area contributed by atoms with Gasteiger partial charge < -0.3 is 9.47 Å². The summed E-state index contributed by atoms with van der Waals surface area (Å²) in [6, 6.07) is 5.11. The van der Waals surface area contributed by atoms with E-state index in [2.05, 4.69) is 5.10 Å². The summed E-state index contributed by atoms with van der Waals surface area (Å²) < 4.78 is 12.0. The second kappa shape index (κ2) is 5.56. The quantitative estimate of drug-likeness (QED) is 0.773. The van der Waals surface area contributed by atoms with Gasteiger partial charge in [-0.2, -0.15) is 5.10 Å². The molecule has 0 saturated carbocycles. The molecule has 100 valence electrons. The second-order valence-corrected chi connectivity index (χ2v) is 4.02. The molecular formula is C14H16N2O3. The van der Waals surface area contributed by atoms with Crippen molar-refractivity contribution >= 4 is 5.78 Å². The fourth-order valence-corrected chi connectivity index (χ4v) is 1.76. The highest BCUT2D eigenvalue weighted by Crippen LogP contribution is 2.24. The third kappa shape index (κ3) is 2.76. The predicted octanol–water partition coefficient (Wildman–Crippen LogP) is 2.15. The molecule has 1 heterocycles. The molecule has 0 aliphatic rings. The zero-order chi connectivity index (χ0) is 13.8. The van der Waals surface area contributed by atoms with Crippen LogP contribution in [0, 0.1) is 0 Å². The number of aromatic nitrogens is 2. The van der Waals surface area contributed by atoms with Gasteiger partial charge in [0, 0.05) is 24.4 Å². The number of benzene rings is 1. The summed E-state index contributed by atoms with van der Waals surface area (Å²) in [5, 5.41) is 4.10. The molecule has 5 nitrogen and oxygen atoms in total. The summed E-state index contributed by atoms with van der Waals surface area (Å²) in [6.07, 6.45) is 3.30. The number of ketones is 1. The van der Waals surface area contributed by atoms with E-state index in [1.807, 2.05) is 6.92 Å². The first-order valence-corrected chi connectivity index (χ1v) is 5.98. The molecule has 0 bridgehead atoms. The second-order valence-electron chi connectivity index (χ2n) is 4.02. The van der Waals surface area contributed by atoms with Crippen LogP contribution in [-0.4, -0.2) is 29.8 Å². The molecule has 2 rings (SSSR count). The van der Waals surface area contributed by atoms with Gasteiger partial charge in [-0.05, 0) is 19.1 Å². The Hall–Kier alpha value is -2.30. The lowest BCUT2D eigenvalue weighted by molar-refractivity contribution is 0.103. The van der Waals surface area contributed by atoms with E-state index < -0.39 is 0 Å². The molecule has 0 aliphatic heterocycles. The van der Waals surface area contributed by atoms with E-state index in [1.165, 1.54) is 0 Å². The molecule has 0 saturated heterocycles. The Kier molecular flexibility index (Phi) is 3.85. The number of rotatable bonds is 5. The minimum Gasteiger partial charge on any atom is -0.497 e. The van der Waals surface area contributed by atoms with Crippen LogP contribution in [0.25, 0.3) is 0 Å². The van der Waals surface area contributed by atoms with Gasteiger partial charge in [0.2, 0.25) is 0 Å². The van der Waals surface area contributed by atoms with Crippen molar-refractivity contribution in [1.29, 1.82) is 0 Å². The van der Waals surface area contributed by atoms with Crippen molar-refractivity contribution in [2.75, 3.05) is 14.2 Å². The Morgan fingerprint density at radius 2 is 1.79 bits per heavy atom. The van der Waals surface area contributed by atoms with Crippen molar-refractivity contribution in [3.05, 3.63) is 41.7 Å². The average molecular weight is 260 g/mol. The van der Waals surface area contributed by atoms with E-state index in [9.17, 15) is 4.79 Å². The topological polar surface area (TPSA) is 53.4 Å². The van der Waals surface area contributed by atoms with Crippen LogP contribution in [0.3, 0.4) is 0 Å². The van der Waals surface area contributed by atoms with Crippen molar-refractivity contribution in [3.8, 4) is 11.5 Å². The van der Waals surface area contributed by atoms with Crippen LogP contribution < -0.4 is 9.47 Å². The van der Waals surface area contributed by atoms with Gasteiger partial charge in [0.25, 0.3) is 0 Å².